The molecule has 19 heavy (non-hydrogen) atoms. The lowest BCUT2D eigenvalue weighted by Gasteiger charge is -2.36. The molecule has 0 aromatic carbocycles. The van der Waals surface area contributed by atoms with Gasteiger partial charge >= 0.3 is 0 Å². The lowest BCUT2D eigenvalue weighted by atomic mass is 10.2. The molecular weight excluding hydrogens is 310 g/mol. The Morgan fingerprint density at radius 3 is 2.95 bits per heavy atom. The molecule has 2 unspecified atom stereocenters. The molecule has 1 aromatic heterocycles. The standard InChI is InChI=1S/C13H20BrN3O2/c1-9(2)18-13-4-12(15-8-16-13)17-6-10(3)19-11(5-14)7-17/h4,8-11H,5-7H2,1-3H3. The van der Waals surface area contributed by atoms with Crippen LogP contribution in [-0.4, -0.2) is 46.7 Å². The normalized spacial score (nSPS) is 23.7. The molecule has 1 fully saturated rings. The lowest BCUT2D eigenvalue weighted by Crippen LogP contribution is -2.47. The quantitative estimate of drug-likeness (QED) is 0.793. The molecule has 0 N–H and O–H groups in total. The summed E-state index contributed by atoms with van der Waals surface area (Å²) in [6.07, 6.45) is 2.05. The van der Waals surface area contributed by atoms with Crippen LogP contribution in [-0.2, 0) is 4.74 Å². The van der Waals surface area contributed by atoms with Crippen molar-refractivity contribution in [2.24, 2.45) is 0 Å². The van der Waals surface area contributed by atoms with E-state index in [9.17, 15) is 0 Å². The van der Waals surface area contributed by atoms with Crippen molar-refractivity contribution in [1.82, 2.24) is 9.97 Å². The summed E-state index contributed by atoms with van der Waals surface area (Å²) in [4.78, 5) is 10.7. The van der Waals surface area contributed by atoms with Gasteiger partial charge in [-0.25, -0.2) is 9.97 Å². The Morgan fingerprint density at radius 1 is 1.47 bits per heavy atom. The molecule has 0 aliphatic carbocycles. The highest BCUT2D eigenvalue weighted by Gasteiger charge is 2.25. The number of hydrogen-bond acceptors (Lipinski definition) is 5. The third-order valence-electron chi connectivity index (χ3n) is 2.81. The van der Waals surface area contributed by atoms with Gasteiger partial charge in [0.2, 0.25) is 5.88 Å². The summed E-state index contributed by atoms with van der Waals surface area (Å²) in [5.74, 6) is 1.52. The molecule has 0 spiro atoms. The van der Waals surface area contributed by atoms with Crippen molar-refractivity contribution >= 4 is 21.7 Å². The van der Waals surface area contributed by atoms with Crippen LogP contribution in [0.15, 0.2) is 12.4 Å². The maximum Gasteiger partial charge on any atom is 0.218 e. The summed E-state index contributed by atoms with van der Waals surface area (Å²) in [5.41, 5.74) is 0. The van der Waals surface area contributed by atoms with E-state index in [1.54, 1.807) is 6.33 Å². The highest BCUT2D eigenvalue weighted by atomic mass is 79.9. The van der Waals surface area contributed by atoms with Crippen molar-refractivity contribution < 1.29 is 9.47 Å². The Morgan fingerprint density at radius 2 is 2.26 bits per heavy atom. The largest absolute Gasteiger partial charge is 0.475 e. The van der Waals surface area contributed by atoms with Crippen LogP contribution in [0.4, 0.5) is 5.82 Å². The summed E-state index contributed by atoms with van der Waals surface area (Å²) in [5, 5.41) is 0.828. The van der Waals surface area contributed by atoms with Crippen LogP contribution in [0.3, 0.4) is 0 Å². The Labute approximate surface area is 122 Å². The number of ether oxygens (including phenoxy) is 2. The zero-order valence-electron chi connectivity index (χ0n) is 11.5. The van der Waals surface area contributed by atoms with Crippen LogP contribution in [0.2, 0.25) is 0 Å². The Kier molecular flexibility index (Phi) is 4.99. The number of rotatable bonds is 4. The van der Waals surface area contributed by atoms with Gasteiger partial charge in [0.15, 0.2) is 0 Å². The molecule has 106 valence electrons. The van der Waals surface area contributed by atoms with Gasteiger partial charge in [-0.15, -0.1) is 0 Å². The van der Waals surface area contributed by atoms with E-state index in [0.29, 0.717) is 5.88 Å². The molecule has 1 saturated heterocycles. The monoisotopic (exact) mass is 329 g/mol. The summed E-state index contributed by atoms with van der Waals surface area (Å²) in [6.45, 7) is 7.71. The fourth-order valence-corrected chi connectivity index (χ4v) is 2.48. The molecule has 0 radical (unpaired) electrons. The maximum absolute atomic E-state index is 5.82. The van der Waals surface area contributed by atoms with Gasteiger partial charge in [0.05, 0.1) is 18.3 Å². The van der Waals surface area contributed by atoms with Gasteiger partial charge in [-0.05, 0) is 20.8 Å². The fourth-order valence-electron chi connectivity index (χ4n) is 2.13. The summed E-state index contributed by atoms with van der Waals surface area (Å²) < 4.78 is 11.4. The minimum atomic E-state index is 0.113. The number of nitrogens with zero attached hydrogens (tertiary/aromatic N) is 3. The SMILES string of the molecule is CC(C)Oc1cc(N2CC(C)OC(CBr)C2)ncn1. The number of morpholine rings is 1. The third kappa shape index (κ3) is 4.04. The second kappa shape index (κ2) is 6.52. The number of anilines is 1. The van der Waals surface area contributed by atoms with Crippen molar-refractivity contribution in [3.05, 3.63) is 12.4 Å². The third-order valence-corrected chi connectivity index (χ3v) is 3.53. The van der Waals surface area contributed by atoms with E-state index in [2.05, 4.69) is 37.7 Å². The maximum atomic E-state index is 5.82. The van der Waals surface area contributed by atoms with E-state index < -0.39 is 0 Å². The van der Waals surface area contributed by atoms with Gasteiger partial charge in [0.25, 0.3) is 0 Å². The number of hydrogen-bond donors (Lipinski definition) is 0. The minimum absolute atomic E-state index is 0.113. The van der Waals surface area contributed by atoms with Crippen molar-refractivity contribution in [3.63, 3.8) is 0 Å². The van der Waals surface area contributed by atoms with Crippen molar-refractivity contribution in [2.75, 3.05) is 23.3 Å². The van der Waals surface area contributed by atoms with Gasteiger partial charge in [-0.1, -0.05) is 15.9 Å². The van der Waals surface area contributed by atoms with E-state index in [0.717, 1.165) is 24.2 Å². The van der Waals surface area contributed by atoms with Gasteiger partial charge in [-0.2, -0.15) is 0 Å². The molecule has 0 bridgehead atoms. The number of aromatic nitrogens is 2. The molecule has 1 aliphatic heterocycles. The summed E-state index contributed by atoms with van der Waals surface area (Å²) >= 11 is 3.48. The highest BCUT2D eigenvalue weighted by molar-refractivity contribution is 9.09. The molecule has 5 nitrogen and oxygen atoms in total. The van der Waals surface area contributed by atoms with Gasteiger partial charge in [-0.3, -0.25) is 0 Å². The molecule has 1 aromatic rings. The predicted molar refractivity (Wildman–Crippen MR) is 78.1 cm³/mol. The second-order valence-electron chi connectivity index (χ2n) is 5.01. The molecule has 2 atom stereocenters. The van der Waals surface area contributed by atoms with Gasteiger partial charge in [0, 0.05) is 24.5 Å². The number of halogens is 1. The first-order chi connectivity index (χ1) is 9.08. The Balaban J connectivity index is 2.11. The zero-order valence-corrected chi connectivity index (χ0v) is 13.1. The van der Waals surface area contributed by atoms with E-state index in [1.165, 1.54) is 0 Å². The van der Waals surface area contributed by atoms with E-state index in [1.807, 2.05) is 19.9 Å². The Hall–Kier alpha value is -0.880. The van der Waals surface area contributed by atoms with E-state index in [4.69, 9.17) is 9.47 Å². The summed E-state index contributed by atoms with van der Waals surface area (Å²) in [6, 6.07) is 1.89. The van der Waals surface area contributed by atoms with E-state index in [-0.39, 0.29) is 18.3 Å². The molecule has 0 amide bonds. The van der Waals surface area contributed by atoms with Crippen molar-refractivity contribution in [3.8, 4) is 5.88 Å². The minimum Gasteiger partial charge on any atom is -0.475 e. The van der Waals surface area contributed by atoms with Crippen LogP contribution in [0, 0.1) is 0 Å². The van der Waals surface area contributed by atoms with Crippen LogP contribution in [0.25, 0.3) is 0 Å². The highest BCUT2D eigenvalue weighted by Crippen LogP contribution is 2.21. The van der Waals surface area contributed by atoms with Gasteiger partial charge in [0.1, 0.15) is 12.1 Å². The molecule has 2 rings (SSSR count). The predicted octanol–water partition coefficient (Wildman–Crippen LogP) is 2.25. The molecule has 6 heteroatoms. The van der Waals surface area contributed by atoms with Crippen molar-refractivity contribution in [2.45, 2.75) is 39.1 Å². The first kappa shape index (κ1) is 14.5. The molecule has 1 aliphatic rings. The second-order valence-corrected chi connectivity index (χ2v) is 5.66. The van der Waals surface area contributed by atoms with Gasteiger partial charge < -0.3 is 14.4 Å². The summed E-state index contributed by atoms with van der Waals surface area (Å²) in [7, 11) is 0. The van der Waals surface area contributed by atoms with Crippen LogP contribution >= 0.6 is 15.9 Å². The molecular formula is C13H20BrN3O2. The van der Waals surface area contributed by atoms with Crippen LogP contribution in [0.1, 0.15) is 20.8 Å². The molecule has 0 saturated carbocycles. The smallest absolute Gasteiger partial charge is 0.218 e. The topological polar surface area (TPSA) is 47.5 Å². The molecule has 2 heterocycles. The first-order valence-electron chi connectivity index (χ1n) is 6.53. The fraction of sp³-hybridized carbons (Fsp3) is 0.692. The lowest BCUT2D eigenvalue weighted by molar-refractivity contribution is -0.00226. The van der Waals surface area contributed by atoms with Crippen LogP contribution < -0.4 is 9.64 Å². The number of alkyl halides is 1. The average molecular weight is 330 g/mol. The first-order valence-corrected chi connectivity index (χ1v) is 7.65. The Bertz CT molecular complexity index is 417. The zero-order chi connectivity index (χ0) is 13.8. The van der Waals surface area contributed by atoms with E-state index >= 15 is 0 Å². The average Bonchev–Trinajstić information content (AvgIpc) is 2.37. The van der Waals surface area contributed by atoms with Crippen molar-refractivity contribution in [1.29, 1.82) is 0 Å². The van der Waals surface area contributed by atoms with Crippen LogP contribution in [0.5, 0.6) is 5.88 Å².